The summed E-state index contributed by atoms with van der Waals surface area (Å²) in [5.41, 5.74) is 2.92. The Morgan fingerprint density at radius 2 is 1.96 bits per heavy atom. The Morgan fingerprint density at radius 3 is 2.52 bits per heavy atom. The van der Waals surface area contributed by atoms with Gasteiger partial charge in [0.15, 0.2) is 6.61 Å². The summed E-state index contributed by atoms with van der Waals surface area (Å²) >= 11 is 0. The molecule has 0 spiro atoms. The maximum atomic E-state index is 12.5. The van der Waals surface area contributed by atoms with Gasteiger partial charge in [0, 0.05) is 23.7 Å². The average Bonchev–Trinajstić information content (AvgIpc) is 3.09. The fraction of sp³-hybridized carbons (Fsp3) is 0.333. The topological polar surface area (TPSA) is 127 Å². The van der Waals surface area contributed by atoms with Gasteiger partial charge in [-0.05, 0) is 19.1 Å². The van der Waals surface area contributed by atoms with Gasteiger partial charge in [-0.1, -0.05) is 17.3 Å². The predicted molar refractivity (Wildman–Crippen MR) is 83.3 cm³/mol. The van der Waals surface area contributed by atoms with E-state index in [0.29, 0.717) is 0 Å². The van der Waals surface area contributed by atoms with Crippen molar-refractivity contribution in [1.29, 1.82) is 0 Å². The number of amides is 1. The van der Waals surface area contributed by atoms with E-state index >= 15 is 0 Å². The van der Waals surface area contributed by atoms with Crippen molar-refractivity contribution in [1.82, 2.24) is 20.9 Å². The van der Waals surface area contributed by atoms with Crippen molar-refractivity contribution in [2.75, 3.05) is 13.2 Å². The minimum atomic E-state index is -4.73. The molecule has 1 unspecified atom stereocenters. The number of carbonyl (C=O) groups is 2. The summed E-state index contributed by atoms with van der Waals surface area (Å²) in [6, 6.07) is 5.19. The molecule has 2 aromatic rings. The molecule has 3 N–H and O–H groups in total. The van der Waals surface area contributed by atoms with E-state index in [2.05, 4.69) is 30.3 Å². The number of carbonyl (C=O) groups excluding carboxylic acids is 1. The molecule has 0 radical (unpaired) electrons. The van der Waals surface area contributed by atoms with Crippen LogP contribution in [0.2, 0.25) is 0 Å². The number of aliphatic carboxylic acids is 1. The van der Waals surface area contributed by atoms with E-state index in [4.69, 9.17) is 5.11 Å². The molecule has 9 nitrogen and oxygen atoms in total. The van der Waals surface area contributed by atoms with Crippen molar-refractivity contribution < 1.29 is 37.2 Å². The molecular weight excluding hydrogens is 373 g/mol. The summed E-state index contributed by atoms with van der Waals surface area (Å²) in [6.07, 6.45) is -4.73. The zero-order chi connectivity index (χ0) is 20.0. The van der Waals surface area contributed by atoms with Gasteiger partial charge in [-0.2, -0.15) is 23.6 Å². The van der Waals surface area contributed by atoms with Crippen molar-refractivity contribution >= 4 is 11.9 Å². The summed E-state index contributed by atoms with van der Waals surface area (Å²) in [5, 5.41) is 14.3. The molecule has 146 valence electrons. The van der Waals surface area contributed by atoms with Crippen LogP contribution in [-0.2, 0) is 15.8 Å². The van der Waals surface area contributed by atoms with E-state index < -0.39 is 30.6 Å². The van der Waals surface area contributed by atoms with Gasteiger partial charge in [0.25, 0.3) is 5.91 Å². The largest absolute Gasteiger partial charge is 0.479 e. The number of aromatic nitrogens is 2. The Hall–Kier alpha value is -2.99. The Labute approximate surface area is 150 Å². The standard InChI is InChI=1S/C15H15F3N4O5/c1-8(6-19-26-7-11(23)24)20-13(25)10-4-2-9(3-5-10)12-21-14(27-22-12)15(16,17)18/h2-5,8,19H,6-7H2,1H3,(H,20,25)(H,23,24). The highest BCUT2D eigenvalue weighted by molar-refractivity contribution is 5.94. The van der Waals surface area contributed by atoms with Gasteiger partial charge in [-0.3, -0.25) is 9.63 Å². The predicted octanol–water partition coefficient (Wildman–Crippen LogP) is 1.48. The monoisotopic (exact) mass is 388 g/mol. The number of hydroxylamine groups is 1. The zero-order valence-electron chi connectivity index (χ0n) is 13.9. The smallest absolute Gasteiger partial charge is 0.471 e. The number of halogens is 3. The molecule has 1 atom stereocenters. The number of alkyl halides is 3. The lowest BCUT2D eigenvalue weighted by molar-refractivity contribution is -0.159. The number of carboxylic acid groups (broad SMARTS) is 1. The number of hydrogen-bond donors (Lipinski definition) is 3. The minimum Gasteiger partial charge on any atom is -0.479 e. The van der Waals surface area contributed by atoms with Crippen LogP contribution in [0.1, 0.15) is 23.2 Å². The summed E-state index contributed by atoms with van der Waals surface area (Å²) in [7, 11) is 0. The third-order valence-electron chi connectivity index (χ3n) is 3.14. The molecule has 0 fully saturated rings. The van der Waals surface area contributed by atoms with E-state index in [0.717, 1.165) is 0 Å². The molecule has 1 aromatic carbocycles. The van der Waals surface area contributed by atoms with Gasteiger partial charge in [0.1, 0.15) is 0 Å². The summed E-state index contributed by atoms with van der Waals surface area (Å²) < 4.78 is 41.6. The SMILES string of the molecule is CC(CNOCC(=O)O)NC(=O)c1ccc(-c2noc(C(F)(F)F)n2)cc1. The second-order valence-electron chi connectivity index (χ2n) is 5.40. The summed E-state index contributed by atoms with van der Waals surface area (Å²) in [4.78, 5) is 30.3. The van der Waals surface area contributed by atoms with Crippen molar-refractivity contribution in [2.45, 2.75) is 19.1 Å². The van der Waals surface area contributed by atoms with Crippen LogP contribution in [0.25, 0.3) is 11.4 Å². The molecule has 0 saturated carbocycles. The van der Waals surface area contributed by atoms with Crippen LogP contribution >= 0.6 is 0 Å². The Bertz CT molecular complexity index is 791. The molecule has 1 amide bonds. The molecule has 2 rings (SSSR count). The van der Waals surface area contributed by atoms with Crippen molar-refractivity contribution in [3.8, 4) is 11.4 Å². The number of rotatable bonds is 8. The van der Waals surface area contributed by atoms with Crippen LogP contribution in [-0.4, -0.2) is 46.3 Å². The van der Waals surface area contributed by atoms with Gasteiger partial charge in [0.05, 0.1) is 0 Å². The summed E-state index contributed by atoms with van der Waals surface area (Å²) in [6.45, 7) is 1.32. The van der Waals surface area contributed by atoms with E-state index in [9.17, 15) is 22.8 Å². The van der Waals surface area contributed by atoms with Crippen molar-refractivity contribution in [2.24, 2.45) is 0 Å². The molecule has 0 aliphatic carbocycles. The molecule has 12 heteroatoms. The number of benzene rings is 1. The quantitative estimate of drug-likeness (QED) is 0.459. The second kappa shape index (κ2) is 8.60. The molecule has 0 aliphatic rings. The van der Waals surface area contributed by atoms with E-state index in [1.54, 1.807) is 6.92 Å². The highest BCUT2D eigenvalue weighted by Crippen LogP contribution is 2.29. The van der Waals surface area contributed by atoms with Crippen LogP contribution in [0, 0.1) is 0 Å². The average molecular weight is 388 g/mol. The van der Waals surface area contributed by atoms with Gasteiger partial charge in [-0.25, -0.2) is 4.79 Å². The van der Waals surface area contributed by atoms with E-state index in [1.165, 1.54) is 24.3 Å². The Balaban J connectivity index is 1.91. The maximum Gasteiger partial charge on any atom is 0.471 e. The first-order chi connectivity index (χ1) is 12.7. The first-order valence-corrected chi connectivity index (χ1v) is 7.55. The van der Waals surface area contributed by atoms with Crippen LogP contribution in [0.4, 0.5) is 13.2 Å². The number of nitrogens with zero attached hydrogens (tertiary/aromatic N) is 2. The molecule has 27 heavy (non-hydrogen) atoms. The van der Waals surface area contributed by atoms with E-state index in [-0.39, 0.29) is 29.5 Å². The number of nitrogens with one attached hydrogen (secondary N) is 2. The van der Waals surface area contributed by atoms with Crippen molar-refractivity contribution in [3.05, 3.63) is 35.7 Å². The number of carboxylic acids is 1. The fourth-order valence-corrected chi connectivity index (χ4v) is 1.88. The lowest BCUT2D eigenvalue weighted by atomic mass is 10.1. The fourth-order valence-electron chi connectivity index (χ4n) is 1.88. The second-order valence-corrected chi connectivity index (χ2v) is 5.40. The van der Waals surface area contributed by atoms with E-state index in [1.807, 2.05) is 0 Å². The molecule has 0 aliphatic heterocycles. The lowest BCUT2D eigenvalue weighted by Gasteiger charge is -2.14. The lowest BCUT2D eigenvalue weighted by Crippen LogP contribution is -2.40. The molecule has 1 heterocycles. The number of hydrogen-bond acceptors (Lipinski definition) is 7. The third kappa shape index (κ3) is 6.04. The molecule has 1 aromatic heterocycles. The normalized spacial score (nSPS) is 12.6. The van der Waals surface area contributed by atoms with Crippen molar-refractivity contribution in [3.63, 3.8) is 0 Å². The van der Waals surface area contributed by atoms with Crippen LogP contribution in [0.3, 0.4) is 0 Å². The van der Waals surface area contributed by atoms with Gasteiger partial charge < -0.3 is 14.9 Å². The first kappa shape index (κ1) is 20.3. The van der Waals surface area contributed by atoms with Crippen LogP contribution < -0.4 is 10.8 Å². The molecule has 0 bridgehead atoms. The zero-order valence-corrected chi connectivity index (χ0v) is 13.9. The molecular formula is C15H15F3N4O5. The van der Waals surface area contributed by atoms with Gasteiger partial charge in [-0.15, -0.1) is 0 Å². The van der Waals surface area contributed by atoms with Gasteiger partial charge in [0.2, 0.25) is 5.82 Å². The highest BCUT2D eigenvalue weighted by Gasteiger charge is 2.38. The van der Waals surface area contributed by atoms with Gasteiger partial charge >= 0.3 is 18.0 Å². The summed E-state index contributed by atoms with van der Waals surface area (Å²) in [5.74, 6) is -3.27. The van der Waals surface area contributed by atoms with Crippen LogP contribution in [0.15, 0.2) is 28.8 Å². The Morgan fingerprint density at radius 1 is 1.30 bits per heavy atom. The molecule has 0 saturated heterocycles. The third-order valence-corrected chi connectivity index (χ3v) is 3.14. The first-order valence-electron chi connectivity index (χ1n) is 7.55. The highest BCUT2D eigenvalue weighted by atomic mass is 19.4. The van der Waals surface area contributed by atoms with Crippen LogP contribution in [0.5, 0.6) is 0 Å². The maximum absolute atomic E-state index is 12.5. The minimum absolute atomic E-state index is 0.167. The Kier molecular flexibility index (Phi) is 6.47.